The largest absolute Gasteiger partial charge is 0.358 e. The molecule has 0 saturated carbocycles. The van der Waals surface area contributed by atoms with Crippen LogP contribution in [0.15, 0.2) is 6.20 Å². The van der Waals surface area contributed by atoms with Crippen LogP contribution in [0.2, 0.25) is 0 Å². The number of amides is 1. The number of nitrogens with zero attached hydrogens (tertiary/aromatic N) is 3. The molecule has 1 atom stereocenters. The number of hydrogen-bond acceptors (Lipinski definition) is 6. The maximum Gasteiger partial charge on any atom is 0.241 e. The van der Waals surface area contributed by atoms with Crippen molar-refractivity contribution in [2.75, 3.05) is 24.2 Å². The van der Waals surface area contributed by atoms with Gasteiger partial charge in [-0.05, 0) is 13.3 Å². The van der Waals surface area contributed by atoms with E-state index < -0.39 is 6.04 Å². The number of likely N-dealkylation sites (N-methyl/N-ethyl adjacent to an activating group) is 1. The van der Waals surface area contributed by atoms with Crippen molar-refractivity contribution < 1.29 is 4.79 Å². The van der Waals surface area contributed by atoms with Crippen LogP contribution in [-0.4, -0.2) is 45.7 Å². The zero-order chi connectivity index (χ0) is 14.5. The van der Waals surface area contributed by atoms with Crippen molar-refractivity contribution in [2.45, 2.75) is 26.3 Å². The quantitative estimate of drug-likeness (QED) is 0.620. The summed E-state index contributed by atoms with van der Waals surface area (Å²) < 4.78 is 0. The van der Waals surface area contributed by atoms with Crippen LogP contribution in [0.3, 0.4) is 0 Å². The number of aromatic amines is 1. The van der Waals surface area contributed by atoms with Crippen molar-refractivity contribution in [1.82, 2.24) is 25.5 Å². The minimum Gasteiger partial charge on any atom is -0.358 e. The van der Waals surface area contributed by atoms with E-state index in [2.05, 4.69) is 43.0 Å². The Morgan fingerprint density at radius 1 is 1.45 bits per heavy atom. The predicted molar refractivity (Wildman–Crippen MR) is 77.6 cm³/mol. The van der Waals surface area contributed by atoms with E-state index in [-0.39, 0.29) is 5.91 Å². The number of anilines is 2. The molecule has 0 fully saturated rings. The van der Waals surface area contributed by atoms with Gasteiger partial charge < -0.3 is 16.0 Å². The molecule has 0 aliphatic heterocycles. The van der Waals surface area contributed by atoms with Gasteiger partial charge in [0.15, 0.2) is 5.65 Å². The molecule has 8 heteroatoms. The zero-order valence-electron chi connectivity index (χ0n) is 11.8. The summed E-state index contributed by atoms with van der Waals surface area (Å²) in [6, 6.07) is -0.396. The Bertz CT molecular complexity index is 595. The number of nitrogens with one attached hydrogen (secondary N) is 4. The molecule has 0 aromatic carbocycles. The average Bonchev–Trinajstić information content (AvgIpc) is 2.92. The molecule has 0 aliphatic rings. The summed E-state index contributed by atoms with van der Waals surface area (Å²) in [4.78, 5) is 20.3. The van der Waals surface area contributed by atoms with Crippen LogP contribution in [0.5, 0.6) is 0 Å². The molecule has 2 aromatic heterocycles. The molecule has 0 spiro atoms. The van der Waals surface area contributed by atoms with Crippen LogP contribution in [0.4, 0.5) is 11.8 Å². The van der Waals surface area contributed by atoms with Crippen LogP contribution in [0.1, 0.15) is 20.3 Å². The summed E-state index contributed by atoms with van der Waals surface area (Å²) in [5.74, 6) is 0.983. The summed E-state index contributed by atoms with van der Waals surface area (Å²) in [7, 11) is 1.60. The van der Waals surface area contributed by atoms with Gasteiger partial charge in [0.1, 0.15) is 11.9 Å². The fraction of sp³-hybridized carbons (Fsp3) is 0.500. The van der Waals surface area contributed by atoms with Crippen molar-refractivity contribution in [3.8, 4) is 0 Å². The first-order valence-corrected chi connectivity index (χ1v) is 6.58. The molecular weight excluding hydrogens is 258 g/mol. The van der Waals surface area contributed by atoms with Gasteiger partial charge in [-0.1, -0.05) is 6.92 Å². The third-order valence-corrected chi connectivity index (χ3v) is 2.84. The molecule has 0 saturated heterocycles. The van der Waals surface area contributed by atoms with Gasteiger partial charge in [-0.3, -0.25) is 9.89 Å². The maximum absolute atomic E-state index is 11.6. The first-order valence-electron chi connectivity index (χ1n) is 6.58. The lowest BCUT2D eigenvalue weighted by molar-refractivity contribution is -0.121. The minimum atomic E-state index is -0.396. The SMILES string of the molecule is CCCNc1nc(NC(C)C(=O)NC)c2cn[nH]c2n1. The van der Waals surface area contributed by atoms with Gasteiger partial charge in [-0.2, -0.15) is 15.1 Å². The predicted octanol–water partition coefficient (Wildman–Crippen LogP) is 0.721. The molecule has 2 rings (SSSR count). The zero-order valence-corrected chi connectivity index (χ0v) is 11.8. The van der Waals surface area contributed by atoms with Crippen molar-refractivity contribution in [3.63, 3.8) is 0 Å². The Morgan fingerprint density at radius 3 is 2.95 bits per heavy atom. The standard InChI is InChI=1S/C12H19N7O/c1-4-5-14-12-17-9(16-7(2)11(20)13-3)8-6-15-19-10(8)18-12/h6-7H,4-5H2,1-3H3,(H,13,20)(H3,14,15,16,17,18,19). The summed E-state index contributed by atoms with van der Waals surface area (Å²) in [6.45, 7) is 4.62. The Balaban J connectivity index is 2.29. The first-order chi connectivity index (χ1) is 9.65. The minimum absolute atomic E-state index is 0.108. The Kier molecular flexibility index (Phi) is 4.34. The van der Waals surface area contributed by atoms with E-state index >= 15 is 0 Å². The second kappa shape index (κ2) is 6.18. The second-order valence-corrected chi connectivity index (χ2v) is 4.44. The van der Waals surface area contributed by atoms with E-state index in [4.69, 9.17) is 0 Å². The third kappa shape index (κ3) is 2.95. The number of rotatable bonds is 6. The van der Waals surface area contributed by atoms with Gasteiger partial charge >= 0.3 is 0 Å². The highest BCUT2D eigenvalue weighted by Gasteiger charge is 2.15. The molecule has 2 heterocycles. The molecule has 8 nitrogen and oxygen atoms in total. The van der Waals surface area contributed by atoms with Crippen LogP contribution in [0.25, 0.3) is 11.0 Å². The average molecular weight is 277 g/mol. The molecular formula is C12H19N7O. The third-order valence-electron chi connectivity index (χ3n) is 2.84. The van der Waals surface area contributed by atoms with Crippen LogP contribution in [0, 0.1) is 0 Å². The highest BCUT2D eigenvalue weighted by atomic mass is 16.2. The number of H-pyrrole nitrogens is 1. The number of aromatic nitrogens is 4. The molecule has 4 N–H and O–H groups in total. The van der Waals surface area contributed by atoms with Gasteiger partial charge in [0.05, 0.1) is 11.6 Å². The second-order valence-electron chi connectivity index (χ2n) is 4.44. The smallest absolute Gasteiger partial charge is 0.241 e. The van der Waals surface area contributed by atoms with Gasteiger partial charge in [0, 0.05) is 13.6 Å². The van der Waals surface area contributed by atoms with Crippen LogP contribution < -0.4 is 16.0 Å². The molecule has 20 heavy (non-hydrogen) atoms. The van der Waals surface area contributed by atoms with E-state index in [1.165, 1.54) is 0 Å². The summed E-state index contributed by atoms with van der Waals surface area (Å²) in [6.07, 6.45) is 2.61. The molecule has 1 amide bonds. The van der Waals surface area contributed by atoms with E-state index in [0.29, 0.717) is 17.4 Å². The van der Waals surface area contributed by atoms with Gasteiger partial charge in [-0.15, -0.1) is 0 Å². The van der Waals surface area contributed by atoms with E-state index in [1.54, 1.807) is 20.2 Å². The fourth-order valence-corrected chi connectivity index (χ4v) is 1.75. The highest BCUT2D eigenvalue weighted by Crippen LogP contribution is 2.20. The van der Waals surface area contributed by atoms with Gasteiger partial charge in [-0.25, -0.2) is 0 Å². The normalized spacial score (nSPS) is 12.2. The summed E-state index contributed by atoms with van der Waals surface area (Å²) >= 11 is 0. The van der Waals surface area contributed by atoms with Crippen LogP contribution >= 0.6 is 0 Å². The molecule has 2 aromatic rings. The highest BCUT2D eigenvalue weighted by molar-refractivity contribution is 5.90. The number of hydrogen-bond donors (Lipinski definition) is 4. The van der Waals surface area contributed by atoms with E-state index in [1.807, 2.05) is 0 Å². The van der Waals surface area contributed by atoms with Crippen molar-refractivity contribution in [3.05, 3.63) is 6.20 Å². The van der Waals surface area contributed by atoms with Gasteiger partial charge in [0.2, 0.25) is 11.9 Å². The lowest BCUT2D eigenvalue weighted by atomic mass is 10.3. The number of carbonyl (C=O) groups is 1. The van der Waals surface area contributed by atoms with Crippen molar-refractivity contribution in [1.29, 1.82) is 0 Å². The molecule has 0 aliphatic carbocycles. The molecule has 108 valence electrons. The number of carbonyl (C=O) groups excluding carboxylic acids is 1. The van der Waals surface area contributed by atoms with Crippen LogP contribution in [-0.2, 0) is 4.79 Å². The summed E-state index contributed by atoms with van der Waals surface area (Å²) in [5.41, 5.74) is 0.630. The molecule has 1 unspecified atom stereocenters. The topological polar surface area (TPSA) is 108 Å². The fourth-order valence-electron chi connectivity index (χ4n) is 1.75. The lowest BCUT2D eigenvalue weighted by Crippen LogP contribution is -2.35. The lowest BCUT2D eigenvalue weighted by Gasteiger charge is -2.14. The Labute approximate surface area is 116 Å². The molecule has 0 radical (unpaired) electrons. The summed E-state index contributed by atoms with van der Waals surface area (Å²) in [5, 5.41) is 16.3. The monoisotopic (exact) mass is 277 g/mol. The number of fused-ring (bicyclic) bond motifs is 1. The van der Waals surface area contributed by atoms with E-state index in [9.17, 15) is 4.79 Å². The Morgan fingerprint density at radius 2 is 2.25 bits per heavy atom. The van der Waals surface area contributed by atoms with Crippen molar-refractivity contribution >= 4 is 28.7 Å². The maximum atomic E-state index is 11.6. The molecule has 0 bridgehead atoms. The van der Waals surface area contributed by atoms with Crippen molar-refractivity contribution in [2.24, 2.45) is 0 Å². The first kappa shape index (κ1) is 14.0. The Hall–Kier alpha value is -2.38. The van der Waals surface area contributed by atoms with E-state index in [0.717, 1.165) is 18.4 Å². The van der Waals surface area contributed by atoms with Gasteiger partial charge in [0.25, 0.3) is 0 Å².